The van der Waals surface area contributed by atoms with Crippen LogP contribution in [0.2, 0.25) is 0 Å². The van der Waals surface area contributed by atoms with Gasteiger partial charge in [-0.3, -0.25) is 0 Å². The number of benzene rings is 2. The zero-order chi connectivity index (χ0) is 11.7. The van der Waals surface area contributed by atoms with Gasteiger partial charge in [-0.2, -0.15) is 0 Å². The van der Waals surface area contributed by atoms with Crippen molar-refractivity contribution in [2.45, 2.75) is 12.8 Å². The SMILES string of the molecule is C=CCCc1ccc2[nH]c3ccccc3c2c1. The van der Waals surface area contributed by atoms with E-state index >= 15 is 0 Å². The van der Waals surface area contributed by atoms with Crippen molar-refractivity contribution < 1.29 is 0 Å². The average molecular weight is 221 g/mol. The normalized spacial score (nSPS) is 11.1. The molecule has 1 nitrogen and oxygen atoms in total. The van der Waals surface area contributed by atoms with Gasteiger partial charge in [0, 0.05) is 21.8 Å². The van der Waals surface area contributed by atoms with Crippen LogP contribution < -0.4 is 0 Å². The standard InChI is InChI=1S/C16H15N/c1-2-3-6-12-9-10-16-14(11-12)13-7-4-5-8-15(13)17-16/h2,4-5,7-11,17H,1,3,6H2. The summed E-state index contributed by atoms with van der Waals surface area (Å²) >= 11 is 0. The number of aryl methyl sites for hydroxylation is 1. The summed E-state index contributed by atoms with van der Waals surface area (Å²) in [5.74, 6) is 0. The first kappa shape index (κ1) is 10.2. The summed E-state index contributed by atoms with van der Waals surface area (Å²) in [5.41, 5.74) is 3.80. The fourth-order valence-corrected chi connectivity index (χ4v) is 2.32. The fourth-order valence-electron chi connectivity index (χ4n) is 2.32. The molecule has 2 aromatic carbocycles. The fraction of sp³-hybridized carbons (Fsp3) is 0.125. The number of rotatable bonds is 3. The van der Waals surface area contributed by atoms with Gasteiger partial charge in [-0.1, -0.05) is 30.3 Å². The first-order valence-corrected chi connectivity index (χ1v) is 5.99. The van der Waals surface area contributed by atoms with E-state index in [2.05, 4.69) is 54.0 Å². The summed E-state index contributed by atoms with van der Waals surface area (Å²) in [7, 11) is 0. The molecule has 0 fully saturated rings. The quantitative estimate of drug-likeness (QED) is 0.629. The summed E-state index contributed by atoms with van der Waals surface area (Å²) in [6.07, 6.45) is 4.08. The molecule has 1 heterocycles. The van der Waals surface area contributed by atoms with Crippen molar-refractivity contribution in [1.82, 2.24) is 4.98 Å². The maximum Gasteiger partial charge on any atom is 0.0465 e. The van der Waals surface area contributed by atoms with E-state index in [0.717, 1.165) is 12.8 Å². The van der Waals surface area contributed by atoms with E-state index in [1.165, 1.54) is 27.4 Å². The molecular weight excluding hydrogens is 206 g/mol. The molecule has 0 saturated carbocycles. The number of aromatic amines is 1. The molecule has 1 heteroatoms. The molecule has 0 aliphatic heterocycles. The Balaban J connectivity index is 2.19. The van der Waals surface area contributed by atoms with Crippen molar-refractivity contribution >= 4 is 21.8 Å². The lowest BCUT2D eigenvalue weighted by Crippen LogP contribution is -1.82. The van der Waals surface area contributed by atoms with Crippen LogP contribution in [-0.2, 0) is 6.42 Å². The molecule has 0 unspecified atom stereocenters. The van der Waals surface area contributed by atoms with E-state index in [-0.39, 0.29) is 0 Å². The Kier molecular flexibility index (Phi) is 2.45. The van der Waals surface area contributed by atoms with Crippen LogP contribution in [0.25, 0.3) is 21.8 Å². The third kappa shape index (κ3) is 1.74. The smallest absolute Gasteiger partial charge is 0.0465 e. The second kappa shape index (κ2) is 4.10. The molecule has 0 saturated heterocycles. The third-order valence-electron chi connectivity index (χ3n) is 3.21. The number of aromatic nitrogens is 1. The van der Waals surface area contributed by atoms with Gasteiger partial charge in [-0.25, -0.2) is 0 Å². The van der Waals surface area contributed by atoms with Crippen molar-refractivity contribution in [3.05, 3.63) is 60.7 Å². The monoisotopic (exact) mass is 221 g/mol. The molecule has 1 N–H and O–H groups in total. The van der Waals surface area contributed by atoms with Gasteiger partial charge in [0.1, 0.15) is 0 Å². The molecule has 84 valence electrons. The third-order valence-corrected chi connectivity index (χ3v) is 3.21. The van der Waals surface area contributed by atoms with Gasteiger partial charge in [0.25, 0.3) is 0 Å². The highest BCUT2D eigenvalue weighted by atomic mass is 14.7. The van der Waals surface area contributed by atoms with Gasteiger partial charge in [-0.15, -0.1) is 6.58 Å². The van der Waals surface area contributed by atoms with Gasteiger partial charge in [0.05, 0.1) is 0 Å². The van der Waals surface area contributed by atoms with Gasteiger partial charge in [0.15, 0.2) is 0 Å². The molecule has 0 radical (unpaired) electrons. The summed E-state index contributed by atoms with van der Waals surface area (Å²) in [5, 5.41) is 2.63. The molecule has 3 rings (SSSR count). The minimum absolute atomic E-state index is 1.04. The Morgan fingerprint density at radius 2 is 1.82 bits per heavy atom. The number of hydrogen-bond acceptors (Lipinski definition) is 0. The molecule has 17 heavy (non-hydrogen) atoms. The highest BCUT2D eigenvalue weighted by Crippen LogP contribution is 2.26. The molecule has 1 aromatic heterocycles. The molecule has 0 aliphatic carbocycles. The number of nitrogens with one attached hydrogen (secondary N) is 1. The van der Waals surface area contributed by atoms with E-state index in [9.17, 15) is 0 Å². The van der Waals surface area contributed by atoms with Crippen molar-refractivity contribution in [1.29, 1.82) is 0 Å². The molecule has 0 aliphatic rings. The lowest BCUT2D eigenvalue weighted by atomic mass is 10.1. The van der Waals surface area contributed by atoms with E-state index in [0.29, 0.717) is 0 Å². The highest BCUT2D eigenvalue weighted by Gasteiger charge is 2.03. The first-order chi connectivity index (χ1) is 8.38. The number of H-pyrrole nitrogens is 1. The van der Waals surface area contributed by atoms with Crippen molar-refractivity contribution in [3.63, 3.8) is 0 Å². The first-order valence-electron chi connectivity index (χ1n) is 5.99. The van der Waals surface area contributed by atoms with Gasteiger partial charge in [0.2, 0.25) is 0 Å². The van der Waals surface area contributed by atoms with Crippen LogP contribution in [-0.4, -0.2) is 4.98 Å². The van der Waals surface area contributed by atoms with Crippen LogP contribution in [0.1, 0.15) is 12.0 Å². The van der Waals surface area contributed by atoms with Crippen LogP contribution in [0.3, 0.4) is 0 Å². The number of hydrogen-bond donors (Lipinski definition) is 1. The topological polar surface area (TPSA) is 15.8 Å². The average Bonchev–Trinajstić information content (AvgIpc) is 2.74. The molecule has 0 bridgehead atoms. The predicted molar refractivity (Wildman–Crippen MR) is 74.3 cm³/mol. The molecule has 3 aromatic rings. The largest absolute Gasteiger partial charge is 0.355 e. The Labute approximate surface area is 101 Å². The van der Waals surface area contributed by atoms with Gasteiger partial charge < -0.3 is 4.98 Å². The lowest BCUT2D eigenvalue weighted by molar-refractivity contribution is 1.01. The minimum atomic E-state index is 1.04. The highest BCUT2D eigenvalue weighted by molar-refractivity contribution is 6.07. The van der Waals surface area contributed by atoms with Crippen LogP contribution in [0, 0.1) is 0 Å². The molecule has 0 spiro atoms. The predicted octanol–water partition coefficient (Wildman–Crippen LogP) is 4.44. The second-order valence-corrected chi connectivity index (χ2v) is 4.38. The summed E-state index contributed by atoms with van der Waals surface area (Å²) in [4.78, 5) is 3.44. The van der Waals surface area contributed by atoms with Crippen molar-refractivity contribution in [2.24, 2.45) is 0 Å². The lowest BCUT2D eigenvalue weighted by Gasteiger charge is -1.99. The van der Waals surface area contributed by atoms with E-state index in [1.54, 1.807) is 0 Å². The minimum Gasteiger partial charge on any atom is -0.355 e. The van der Waals surface area contributed by atoms with Crippen LogP contribution in [0.15, 0.2) is 55.1 Å². The Morgan fingerprint density at radius 1 is 1.00 bits per heavy atom. The summed E-state index contributed by atoms with van der Waals surface area (Å²) in [6.45, 7) is 3.77. The van der Waals surface area contributed by atoms with E-state index in [4.69, 9.17) is 0 Å². The van der Waals surface area contributed by atoms with E-state index in [1.807, 2.05) is 6.08 Å². The maximum absolute atomic E-state index is 3.77. The van der Waals surface area contributed by atoms with Crippen LogP contribution >= 0.6 is 0 Å². The van der Waals surface area contributed by atoms with Crippen molar-refractivity contribution in [2.75, 3.05) is 0 Å². The van der Waals surface area contributed by atoms with Crippen molar-refractivity contribution in [3.8, 4) is 0 Å². The molecule has 0 amide bonds. The summed E-state index contributed by atoms with van der Waals surface area (Å²) in [6, 6.07) is 15.1. The zero-order valence-electron chi connectivity index (χ0n) is 9.74. The number of allylic oxidation sites excluding steroid dienone is 1. The van der Waals surface area contributed by atoms with Gasteiger partial charge in [-0.05, 0) is 36.6 Å². The van der Waals surface area contributed by atoms with Crippen LogP contribution in [0.5, 0.6) is 0 Å². The molecule has 0 atom stereocenters. The zero-order valence-corrected chi connectivity index (χ0v) is 9.74. The Hall–Kier alpha value is -2.02. The summed E-state index contributed by atoms with van der Waals surface area (Å²) < 4.78 is 0. The molecular formula is C16H15N. The number of para-hydroxylation sites is 1. The van der Waals surface area contributed by atoms with E-state index < -0.39 is 0 Å². The van der Waals surface area contributed by atoms with Crippen LogP contribution in [0.4, 0.5) is 0 Å². The Bertz CT molecular complexity index is 676. The maximum atomic E-state index is 3.77. The Morgan fingerprint density at radius 3 is 2.71 bits per heavy atom. The number of fused-ring (bicyclic) bond motifs is 3. The van der Waals surface area contributed by atoms with Gasteiger partial charge >= 0.3 is 0 Å². The second-order valence-electron chi connectivity index (χ2n) is 4.38.